The quantitative estimate of drug-likeness (QED) is 0.496. The Morgan fingerprint density at radius 2 is 1.71 bits per heavy atom. The smallest absolute Gasteiger partial charge is 0.416 e. The Hall–Kier alpha value is -3.08. The first-order chi connectivity index (χ1) is 19.1. The third kappa shape index (κ3) is 6.39. The van der Waals surface area contributed by atoms with E-state index in [0.717, 1.165) is 36.9 Å². The number of likely N-dealkylation sites (tertiary alicyclic amines) is 1. The molecule has 1 N–H and O–H groups in total. The monoisotopic (exact) mass is 570 g/mol. The molecule has 226 valence electrons. The van der Waals surface area contributed by atoms with Gasteiger partial charge in [-0.25, -0.2) is 14.6 Å². The lowest BCUT2D eigenvalue weighted by molar-refractivity contribution is -0.0785. The zero-order valence-corrected chi connectivity index (χ0v) is 25.8. The second kappa shape index (κ2) is 10.6. The number of aromatic nitrogens is 3. The number of amides is 2. The predicted molar refractivity (Wildman–Crippen MR) is 157 cm³/mol. The summed E-state index contributed by atoms with van der Waals surface area (Å²) in [6.45, 7) is 18.2. The van der Waals surface area contributed by atoms with Crippen LogP contribution in [0.15, 0.2) is 12.3 Å². The Morgan fingerprint density at radius 1 is 1.07 bits per heavy atom. The lowest BCUT2D eigenvalue weighted by atomic mass is 9.60. The van der Waals surface area contributed by atoms with Crippen molar-refractivity contribution in [3.8, 4) is 0 Å². The molecule has 5 rings (SSSR count). The van der Waals surface area contributed by atoms with Gasteiger partial charge in [-0.2, -0.15) is 9.61 Å². The molecule has 0 aromatic carbocycles. The van der Waals surface area contributed by atoms with Gasteiger partial charge < -0.3 is 24.4 Å². The molecule has 4 heterocycles. The minimum Gasteiger partial charge on any atom is -0.444 e. The number of fused-ring (bicyclic) bond motifs is 1. The van der Waals surface area contributed by atoms with Crippen molar-refractivity contribution in [1.82, 2.24) is 19.5 Å². The van der Waals surface area contributed by atoms with Crippen molar-refractivity contribution in [1.29, 1.82) is 0 Å². The Balaban J connectivity index is 1.44. The van der Waals surface area contributed by atoms with Gasteiger partial charge in [-0.05, 0) is 73.1 Å². The number of hydrogen-bond donors (Lipinski definition) is 1. The molecule has 1 saturated carbocycles. The number of hydrogen-bond acceptors (Lipinski definition) is 8. The van der Waals surface area contributed by atoms with Crippen LogP contribution in [-0.4, -0.2) is 81.3 Å². The fraction of sp³-hybridized carbons (Fsp3) is 0.733. The van der Waals surface area contributed by atoms with Gasteiger partial charge in [0.15, 0.2) is 5.65 Å². The Bertz CT molecular complexity index is 1270. The zero-order chi connectivity index (χ0) is 29.7. The molecule has 3 fully saturated rings. The van der Waals surface area contributed by atoms with E-state index < -0.39 is 17.3 Å². The molecule has 0 bridgehead atoms. The van der Waals surface area contributed by atoms with Gasteiger partial charge >= 0.3 is 12.2 Å². The molecule has 2 saturated heterocycles. The van der Waals surface area contributed by atoms with Crippen LogP contribution >= 0.6 is 0 Å². The van der Waals surface area contributed by atoms with Crippen molar-refractivity contribution in [3.05, 3.63) is 17.8 Å². The van der Waals surface area contributed by atoms with Crippen LogP contribution in [0.1, 0.15) is 92.6 Å². The number of nitrogens with one attached hydrogen (secondary N) is 1. The molecule has 11 nitrogen and oxygen atoms in total. The first kappa shape index (κ1) is 29.4. The molecule has 0 radical (unpaired) electrons. The summed E-state index contributed by atoms with van der Waals surface area (Å²) < 4.78 is 18.8. The van der Waals surface area contributed by atoms with E-state index in [0.29, 0.717) is 37.9 Å². The Morgan fingerprint density at radius 3 is 2.29 bits per heavy atom. The summed E-state index contributed by atoms with van der Waals surface area (Å²) in [7, 11) is 0. The Labute approximate surface area is 242 Å². The Kier molecular flexibility index (Phi) is 7.63. The van der Waals surface area contributed by atoms with E-state index >= 15 is 0 Å². The highest BCUT2D eigenvalue weighted by molar-refractivity contribution is 5.89. The van der Waals surface area contributed by atoms with Gasteiger partial charge in [0.25, 0.3) is 0 Å². The molecular weight excluding hydrogens is 524 g/mol. The molecule has 2 amide bonds. The van der Waals surface area contributed by atoms with Crippen molar-refractivity contribution < 1.29 is 23.8 Å². The van der Waals surface area contributed by atoms with Gasteiger partial charge in [0, 0.05) is 55.4 Å². The number of anilines is 2. The van der Waals surface area contributed by atoms with Gasteiger partial charge in [-0.15, -0.1) is 0 Å². The molecule has 1 spiro atoms. The van der Waals surface area contributed by atoms with Gasteiger partial charge in [-0.1, -0.05) is 13.8 Å². The van der Waals surface area contributed by atoms with Crippen LogP contribution in [0.5, 0.6) is 0 Å². The molecule has 2 aromatic rings. The molecular formula is C30H46N6O5. The summed E-state index contributed by atoms with van der Waals surface area (Å²) in [6, 6.07) is 2.06. The second-order valence-electron chi connectivity index (χ2n) is 14.3. The SMILES string of the molecule is CC(C)c1cnn2c(N(C(=O)OC(C)(C)C)C3CC4(C3)CN(C(=O)OC(C)(C)C)C4)cc(NC3CCOCC3)nc12. The maximum absolute atomic E-state index is 13.8. The summed E-state index contributed by atoms with van der Waals surface area (Å²) in [5.41, 5.74) is 0.530. The van der Waals surface area contributed by atoms with Crippen LogP contribution in [0.4, 0.5) is 21.2 Å². The fourth-order valence-corrected chi connectivity index (χ4v) is 6.01. The van der Waals surface area contributed by atoms with Gasteiger partial charge in [0.1, 0.15) is 22.8 Å². The van der Waals surface area contributed by atoms with Crippen LogP contribution in [0.3, 0.4) is 0 Å². The van der Waals surface area contributed by atoms with E-state index in [-0.39, 0.29) is 29.5 Å². The highest BCUT2D eigenvalue weighted by atomic mass is 16.6. The number of carbonyl (C=O) groups excluding carboxylic acids is 2. The van der Waals surface area contributed by atoms with E-state index in [1.807, 2.05) is 53.8 Å². The lowest BCUT2D eigenvalue weighted by Gasteiger charge is -2.60. The largest absolute Gasteiger partial charge is 0.444 e. The van der Waals surface area contributed by atoms with Crippen LogP contribution in [-0.2, 0) is 14.2 Å². The maximum atomic E-state index is 13.8. The molecule has 11 heteroatoms. The van der Waals surface area contributed by atoms with Crippen LogP contribution < -0.4 is 10.2 Å². The number of nitrogens with zero attached hydrogens (tertiary/aromatic N) is 5. The fourth-order valence-electron chi connectivity index (χ4n) is 6.01. The lowest BCUT2D eigenvalue weighted by Crippen LogP contribution is -2.68. The molecule has 2 aliphatic heterocycles. The molecule has 3 aliphatic rings. The summed E-state index contributed by atoms with van der Waals surface area (Å²) in [5, 5.41) is 8.29. The summed E-state index contributed by atoms with van der Waals surface area (Å²) in [4.78, 5) is 34.9. The third-order valence-corrected chi connectivity index (χ3v) is 7.92. The third-order valence-electron chi connectivity index (χ3n) is 7.92. The van der Waals surface area contributed by atoms with Crippen LogP contribution in [0.25, 0.3) is 5.65 Å². The van der Waals surface area contributed by atoms with E-state index in [1.54, 1.807) is 14.3 Å². The molecule has 0 atom stereocenters. The number of carbonyl (C=O) groups is 2. The van der Waals surface area contributed by atoms with Crippen LogP contribution in [0, 0.1) is 5.41 Å². The summed E-state index contributed by atoms with van der Waals surface area (Å²) in [6.07, 6.45) is 4.46. The molecule has 0 unspecified atom stereocenters. The topological polar surface area (TPSA) is 111 Å². The minimum absolute atomic E-state index is 0.0234. The minimum atomic E-state index is -0.663. The standard InChI is InChI=1S/C30H46N6O5/c1-19(2)22-16-31-36-24(13-23(33-25(22)36)32-20-9-11-39-12-10-20)35(27(38)41-29(6,7)8)21-14-30(15-21)17-34(18-30)26(37)40-28(3,4)5/h13,16,19-21H,9-12,14-15,17-18H2,1-8H3,(H,32,33). The average Bonchev–Trinajstić information content (AvgIpc) is 3.22. The normalized spacial score (nSPS) is 19.7. The summed E-state index contributed by atoms with van der Waals surface area (Å²) >= 11 is 0. The van der Waals surface area contributed by atoms with E-state index in [4.69, 9.17) is 24.3 Å². The maximum Gasteiger partial charge on any atom is 0.416 e. The van der Waals surface area contributed by atoms with Gasteiger partial charge in [-0.3, -0.25) is 4.90 Å². The first-order valence-electron chi connectivity index (χ1n) is 14.9. The highest BCUT2D eigenvalue weighted by Gasteiger charge is 2.57. The van der Waals surface area contributed by atoms with Crippen molar-refractivity contribution in [2.45, 2.75) is 110 Å². The molecule has 41 heavy (non-hydrogen) atoms. The highest BCUT2D eigenvalue weighted by Crippen LogP contribution is 2.51. The van der Waals surface area contributed by atoms with E-state index in [2.05, 4.69) is 19.2 Å². The van der Waals surface area contributed by atoms with E-state index in [9.17, 15) is 9.59 Å². The van der Waals surface area contributed by atoms with Gasteiger partial charge in [0.2, 0.25) is 0 Å². The van der Waals surface area contributed by atoms with Crippen LogP contribution in [0.2, 0.25) is 0 Å². The predicted octanol–water partition coefficient (Wildman–Crippen LogP) is 5.58. The molecule has 2 aromatic heterocycles. The van der Waals surface area contributed by atoms with Crippen molar-refractivity contribution in [2.75, 3.05) is 36.5 Å². The number of rotatable bonds is 5. The van der Waals surface area contributed by atoms with Crippen molar-refractivity contribution >= 4 is 29.5 Å². The van der Waals surface area contributed by atoms with Gasteiger partial charge in [0.05, 0.1) is 6.20 Å². The zero-order valence-electron chi connectivity index (χ0n) is 25.8. The van der Waals surface area contributed by atoms with Crippen molar-refractivity contribution in [3.63, 3.8) is 0 Å². The van der Waals surface area contributed by atoms with Crippen molar-refractivity contribution in [2.24, 2.45) is 5.41 Å². The second-order valence-corrected chi connectivity index (χ2v) is 14.3. The number of ether oxygens (including phenoxy) is 3. The first-order valence-corrected chi connectivity index (χ1v) is 14.9. The average molecular weight is 571 g/mol. The summed E-state index contributed by atoms with van der Waals surface area (Å²) in [5.74, 6) is 1.56. The molecule has 1 aliphatic carbocycles. The van der Waals surface area contributed by atoms with E-state index in [1.165, 1.54) is 0 Å².